The minimum atomic E-state index is -4.13. The lowest BCUT2D eigenvalue weighted by Gasteiger charge is -2.33. The Hall–Kier alpha value is -4.28. The first-order valence-electron chi connectivity index (χ1n) is 16.8. The SMILES string of the molecule is Cc1cccc(C)c1-c1cc2nc(n1)NS(=O)(=O)c1cccc(c1)C(=O)N(Cc1ccc(C3CCN(C)CC3)cc1)[C@H](CC(C)C)CO2. The number of anilines is 1. The molecule has 6 rings (SSSR count). The molecular weight excluding hydrogens is 623 g/mol. The highest BCUT2D eigenvalue weighted by atomic mass is 32.2. The summed E-state index contributed by atoms with van der Waals surface area (Å²) in [6.07, 6.45) is 2.95. The summed E-state index contributed by atoms with van der Waals surface area (Å²) < 4.78 is 36.3. The number of aryl methyl sites for hydroxylation is 2. The lowest BCUT2D eigenvalue weighted by Crippen LogP contribution is -2.44. The van der Waals surface area contributed by atoms with Gasteiger partial charge in [-0.3, -0.25) is 4.79 Å². The predicted octanol–water partition coefficient (Wildman–Crippen LogP) is 6.82. The highest BCUT2D eigenvalue weighted by Gasteiger charge is 2.29. The fourth-order valence-electron chi connectivity index (χ4n) is 6.84. The number of carbonyl (C=O) groups is 1. The maximum absolute atomic E-state index is 14.4. The molecular formula is C38H45N5O4S. The molecule has 48 heavy (non-hydrogen) atoms. The third-order valence-corrected chi connectivity index (χ3v) is 10.8. The minimum Gasteiger partial charge on any atom is -0.475 e. The zero-order chi connectivity index (χ0) is 34.0. The Labute approximate surface area is 284 Å². The molecule has 1 N–H and O–H groups in total. The molecule has 0 unspecified atom stereocenters. The number of rotatable bonds is 6. The highest BCUT2D eigenvalue weighted by molar-refractivity contribution is 7.92. The van der Waals surface area contributed by atoms with Gasteiger partial charge in [-0.05, 0) is 106 Å². The average Bonchev–Trinajstić information content (AvgIpc) is 3.05. The first-order chi connectivity index (χ1) is 23.0. The molecule has 4 aromatic rings. The van der Waals surface area contributed by atoms with Gasteiger partial charge in [0.2, 0.25) is 11.8 Å². The first-order valence-corrected chi connectivity index (χ1v) is 18.2. The number of fused-ring (bicyclic) bond motifs is 4. The summed E-state index contributed by atoms with van der Waals surface area (Å²) in [4.78, 5) is 27.7. The van der Waals surface area contributed by atoms with Crippen LogP contribution in [0.5, 0.6) is 5.88 Å². The van der Waals surface area contributed by atoms with Crippen LogP contribution in [0.25, 0.3) is 11.3 Å². The van der Waals surface area contributed by atoms with E-state index in [-0.39, 0.29) is 46.8 Å². The van der Waals surface area contributed by atoms with Gasteiger partial charge in [0.1, 0.15) is 6.61 Å². The van der Waals surface area contributed by atoms with Gasteiger partial charge in [-0.15, -0.1) is 0 Å². The van der Waals surface area contributed by atoms with Crippen molar-refractivity contribution in [2.45, 2.75) is 70.4 Å². The van der Waals surface area contributed by atoms with Crippen LogP contribution in [0.3, 0.4) is 0 Å². The molecule has 10 heteroatoms. The zero-order valence-electron chi connectivity index (χ0n) is 28.4. The standard InChI is InChI=1S/C38H45N5O4S/c1-25(2)20-32-24-47-35-22-34(36-26(3)8-6-9-27(36)4)39-38(40-35)41-48(45,46)33-11-7-10-31(21-33)37(44)43(32)23-28-12-14-29(15-13-28)30-16-18-42(5)19-17-30/h6-15,21-22,25,30,32H,16-20,23-24H2,1-5H3,(H,39,40,41)/t32-/m1/s1. The maximum Gasteiger partial charge on any atom is 0.264 e. The van der Waals surface area contributed by atoms with Crippen molar-refractivity contribution in [1.82, 2.24) is 19.8 Å². The fourth-order valence-corrected chi connectivity index (χ4v) is 7.83. The number of hydrogen-bond acceptors (Lipinski definition) is 7. The van der Waals surface area contributed by atoms with Crippen LogP contribution in [0.1, 0.15) is 71.6 Å². The first kappa shape index (κ1) is 33.6. The van der Waals surface area contributed by atoms with Crippen LogP contribution in [-0.4, -0.2) is 66.9 Å². The van der Waals surface area contributed by atoms with E-state index in [4.69, 9.17) is 4.74 Å². The van der Waals surface area contributed by atoms with E-state index in [0.29, 0.717) is 24.6 Å². The smallest absolute Gasteiger partial charge is 0.264 e. The van der Waals surface area contributed by atoms with E-state index in [1.807, 2.05) is 36.9 Å². The number of hydrogen-bond donors (Lipinski definition) is 1. The summed E-state index contributed by atoms with van der Waals surface area (Å²) in [5.74, 6) is 0.678. The van der Waals surface area contributed by atoms with Crippen molar-refractivity contribution >= 4 is 21.9 Å². The number of carbonyl (C=O) groups excluding carboxylic acids is 1. The lowest BCUT2D eigenvalue weighted by atomic mass is 9.89. The Kier molecular flexibility index (Phi) is 9.85. The van der Waals surface area contributed by atoms with Crippen molar-refractivity contribution in [2.75, 3.05) is 31.5 Å². The normalized spacial score (nSPS) is 18.8. The van der Waals surface area contributed by atoms with Crippen molar-refractivity contribution < 1.29 is 17.9 Å². The Bertz CT molecular complexity index is 1870. The van der Waals surface area contributed by atoms with Gasteiger partial charge in [-0.25, -0.2) is 18.1 Å². The molecule has 1 fully saturated rings. The molecule has 3 aromatic carbocycles. The van der Waals surface area contributed by atoms with Gasteiger partial charge < -0.3 is 14.5 Å². The van der Waals surface area contributed by atoms with E-state index in [2.05, 4.69) is 64.8 Å². The van der Waals surface area contributed by atoms with Crippen LogP contribution in [0.4, 0.5) is 5.95 Å². The molecule has 0 radical (unpaired) electrons. The van der Waals surface area contributed by atoms with Crippen LogP contribution >= 0.6 is 0 Å². The summed E-state index contributed by atoms with van der Waals surface area (Å²) in [7, 11) is -1.96. The second-order valence-corrected chi connectivity index (χ2v) is 15.3. The zero-order valence-corrected chi connectivity index (χ0v) is 29.3. The van der Waals surface area contributed by atoms with E-state index in [0.717, 1.165) is 48.2 Å². The molecule has 1 saturated heterocycles. The summed E-state index contributed by atoms with van der Waals surface area (Å²) >= 11 is 0. The Morgan fingerprint density at radius 2 is 1.62 bits per heavy atom. The second kappa shape index (κ2) is 14.1. The molecule has 252 valence electrons. The number of benzene rings is 3. The Balaban J connectivity index is 1.40. The van der Waals surface area contributed by atoms with Crippen LogP contribution in [0.15, 0.2) is 77.7 Å². The second-order valence-electron chi connectivity index (χ2n) is 13.7. The molecule has 0 aliphatic carbocycles. The summed E-state index contributed by atoms with van der Waals surface area (Å²) in [5, 5.41) is 0. The molecule has 1 amide bonds. The van der Waals surface area contributed by atoms with E-state index in [1.165, 1.54) is 17.7 Å². The van der Waals surface area contributed by atoms with E-state index >= 15 is 0 Å². The number of nitrogens with one attached hydrogen (secondary N) is 1. The van der Waals surface area contributed by atoms with E-state index < -0.39 is 10.0 Å². The Morgan fingerprint density at radius 1 is 0.938 bits per heavy atom. The predicted molar refractivity (Wildman–Crippen MR) is 189 cm³/mol. The molecule has 2 aliphatic heterocycles. The lowest BCUT2D eigenvalue weighted by molar-refractivity contribution is 0.0553. The summed E-state index contributed by atoms with van der Waals surface area (Å²) in [6, 6.07) is 22.2. The van der Waals surface area contributed by atoms with Gasteiger partial charge in [0.25, 0.3) is 15.9 Å². The van der Waals surface area contributed by atoms with Gasteiger partial charge in [-0.1, -0.05) is 62.4 Å². The summed E-state index contributed by atoms with van der Waals surface area (Å²) in [6.45, 7) is 10.9. The fraction of sp³-hybridized carbons (Fsp3) is 0.395. The molecule has 4 bridgehead atoms. The third-order valence-electron chi connectivity index (χ3n) is 9.45. The van der Waals surface area contributed by atoms with Crippen LogP contribution in [0.2, 0.25) is 0 Å². The molecule has 9 nitrogen and oxygen atoms in total. The number of ether oxygens (including phenoxy) is 1. The van der Waals surface area contributed by atoms with Crippen LogP contribution in [-0.2, 0) is 16.6 Å². The van der Waals surface area contributed by atoms with Crippen molar-refractivity contribution in [3.8, 4) is 17.1 Å². The number of piperidine rings is 1. The number of nitrogens with zero attached hydrogens (tertiary/aromatic N) is 4. The number of aromatic nitrogens is 2. The molecule has 3 heterocycles. The maximum atomic E-state index is 14.4. The van der Waals surface area contributed by atoms with Crippen LogP contribution < -0.4 is 9.46 Å². The largest absolute Gasteiger partial charge is 0.475 e. The van der Waals surface area contributed by atoms with Gasteiger partial charge in [0.15, 0.2) is 0 Å². The van der Waals surface area contributed by atoms with Gasteiger partial charge in [-0.2, -0.15) is 4.98 Å². The van der Waals surface area contributed by atoms with E-state index in [9.17, 15) is 13.2 Å². The number of sulfonamides is 1. The van der Waals surface area contributed by atoms with Crippen molar-refractivity contribution in [3.05, 3.63) is 101 Å². The average molecular weight is 668 g/mol. The molecule has 0 spiro atoms. The quantitative estimate of drug-likeness (QED) is 0.241. The van der Waals surface area contributed by atoms with Gasteiger partial charge >= 0.3 is 0 Å². The third kappa shape index (κ3) is 7.55. The molecule has 1 atom stereocenters. The summed E-state index contributed by atoms with van der Waals surface area (Å²) in [5.41, 5.74) is 6.05. The van der Waals surface area contributed by atoms with Gasteiger partial charge in [0, 0.05) is 23.7 Å². The van der Waals surface area contributed by atoms with Gasteiger partial charge in [0.05, 0.1) is 16.6 Å². The molecule has 1 aromatic heterocycles. The van der Waals surface area contributed by atoms with E-state index in [1.54, 1.807) is 18.2 Å². The number of amides is 1. The van der Waals surface area contributed by atoms with Crippen molar-refractivity contribution in [1.29, 1.82) is 0 Å². The topological polar surface area (TPSA) is 105 Å². The van der Waals surface area contributed by atoms with Crippen molar-refractivity contribution in [3.63, 3.8) is 0 Å². The van der Waals surface area contributed by atoms with Crippen LogP contribution in [0, 0.1) is 19.8 Å². The molecule has 2 aliphatic rings. The van der Waals surface area contributed by atoms with Crippen molar-refractivity contribution in [2.24, 2.45) is 5.92 Å². The molecule has 0 saturated carbocycles. The minimum absolute atomic E-state index is 0.0426. The number of likely N-dealkylation sites (tertiary alicyclic amines) is 1. The monoisotopic (exact) mass is 667 g/mol. The Morgan fingerprint density at radius 3 is 2.31 bits per heavy atom. The highest BCUT2D eigenvalue weighted by Crippen LogP contribution is 2.31.